The molecular weight excluding hydrogens is 572 g/mol. The number of methoxy groups -OCH3 is 1. The molecule has 0 bridgehead atoms. The molecule has 2 aliphatic heterocycles. The summed E-state index contributed by atoms with van der Waals surface area (Å²) in [6.45, 7) is 3.33. The molecule has 236 valence electrons. The van der Waals surface area contributed by atoms with Crippen LogP contribution in [0.5, 0.6) is 5.75 Å². The topological polar surface area (TPSA) is 128 Å². The van der Waals surface area contributed by atoms with Crippen LogP contribution in [0.15, 0.2) is 72.8 Å². The van der Waals surface area contributed by atoms with Crippen molar-refractivity contribution in [1.82, 2.24) is 9.80 Å². The number of carboxylic acids is 1. The van der Waals surface area contributed by atoms with E-state index in [1.54, 1.807) is 28.0 Å². The molecule has 5 rings (SSSR count). The number of hydrogen-bond acceptors (Lipinski definition) is 5. The van der Waals surface area contributed by atoms with Crippen molar-refractivity contribution in [2.45, 2.75) is 51.0 Å². The zero-order chi connectivity index (χ0) is 31.9. The molecule has 0 radical (unpaired) electrons. The second-order valence-electron chi connectivity index (χ2n) is 11.9. The van der Waals surface area contributed by atoms with Crippen LogP contribution in [0.1, 0.15) is 48.3 Å². The number of anilines is 2. The molecule has 3 aromatic rings. The number of piperidine rings is 1. The molecule has 2 aliphatic rings. The molecule has 0 aromatic heterocycles. The number of hydrogen-bond donors (Lipinski definition) is 3. The average molecular weight is 613 g/mol. The van der Waals surface area contributed by atoms with Gasteiger partial charge in [0.05, 0.1) is 19.2 Å². The van der Waals surface area contributed by atoms with E-state index >= 15 is 0 Å². The summed E-state index contributed by atoms with van der Waals surface area (Å²) in [5, 5.41) is 14.8. The Labute approximate surface area is 263 Å². The number of aliphatic carboxylic acids is 1. The SMILES string of the molecule is COc1cc(CC(=O)N2CC(c3ccccc3)C[C@H]2C(=O)N2CCC(CC(=O)O)CC2)ccc1NC(=O)Nc1ccccc1C. The molecule has 3 aromatic carbocycles. The highest BCUT2D eigenvalue weighted by atomic mass is 16.5. The second-order valence-corrected chi connectivity index (χ2v) is 11.9. The van der Waals surface area contributed by atoms with Gasteiger partial charge in [-0.15, -0.1) is 0 Å². The minimum atomic E-state index is -0.816. The van der Waals surface area contributed by atoms with Crippen molar-refractivity contribution in [3.63, 3.8) is 0 Å². The summed E-state index contributed by atoms with van der Waals surface area (Å²) in [5.74, 6) is -0.544. The van der Waals surface area contributed by atoms with E-state index in [0.717, 1.165) is 11.1 Å². The van der Waals surface area contributed by atoms with Crippen molar-refractivity contribution in [3.8, 4) is 5.75 Å². The predicted octanol–water partition coefficient (Wildman–Crippen LogP) is 5.29. The molecule has 45 heavy (non-hydrogen) atoms. The van der Waals surface area contributed by atoms with E-state index in [1.165, 1.54) is 7.11 Å². The summed E-state index contributed by atoms with van der Waals surface area (Å²) >= 11 is 0. The highest BCUT2D eigenvalue weighted by molar-refractivity contribution is 6.01. The maximum atomic E-state index is 13.8. The van der Waals surface area contributed by atoms with Gasteiger partial charge in [-0.25, -0.2) is 4.79 Å². The highest BCUT2D eigenvalue weighted by Gasteiger charge is 2.42. The van der Waals surface area contributed by atoms with Gasteiger partial charge < -0.3 is 30.3 Å². The molecule has 0 aliphatic carbocycles. The standard InChI is InChI=1S/C35H40N4O6/c1-23-8-6-7-11-28(23)36-35(44)37-29-13-12-25(18-31(29)45-2)19-32(40)39-22-27(26-9-4-3-5-10-26)21-30(39)34(43)38-16-14-24(15-17-38)20-33(41)42/h3-13,18,24,27,30H,14-17,19-22H2,1-2H3,(H,41,42)(H2,36,37,44)/t27?,30-/m0/s1. The van der Waals surface area contributed by atoms with Crippen LogP contribution in [-0.4, -0.2) is 71.5 Å². The summed E-state index contributed by atoms with van der Waals surface area (Å²) in [7, 11) is 1.50. The minimum Gasteiger partial charge on any atom is -0.495 e. The maximum absolute atomic E-state index is 13.8. The molecule has 2 atom stereocenters. The monoisotopic (exact) mass is 612 g/mol. The van der Waals surface area contributed by atoms with Gasteiger partial charge in [-0.3, -0.25) is 14.4 Å². The number of para-hydroxylation sites is 1. The lowest BCUT2D eigenvalue weighted by Gasteiger charge is -2.35. The lowest BCUT2D eigenvalue weighted by Crippen LogP contribution is -2.50. The number of urea groups is 1. The molecule has 10 nitrogen and oxygen atoms in total. The summed E-state index contributed by atoms with van der Waals surface area (Å²) in [6.07, 6.45) is 2.00. The van der Waals surface area contributed by atoms with Crippen LogP contribution in [0, 0.1) is 12.8 Å². The normalized spacial score (nSPS) is 18.4. The van der Waals surface area contributed by atoms with Crippen molar-refractivity contribution in [2.75, 3.05) is 37.4 Å². The number of nitrogens with one attached hydrogen (secondary N) is 2. The Bertz CT molecular complexity index is 1540. The number of likely N-dealkylation sites (tertiary alicyclic amines) is 2. The number of carboxylic acid groups (broad SMARTS) is 1. The van der Waals surface area contributed by atoms with E-state index in [1.807, 2.05) is 61.5 Å². The van der Waals surface area contributed by atoms with Crippen molar-refractivity contribution < 1.29 is 29.0 Å². The Kier molecular flexibility index (Phi) is 10.0. The summed E-state index contributed by atoms with van der Waals surface area (Å²) in [6, 6.07) is 21.6. The van der Waals surface area contributed by atoms with Gasteiger partial charge in [-0.2, -0.15) is 0 Å². The number of carbonyl (C=O) groups excluding carboxylic acids is 3. The van der Waals surface area contributed by atoms with Crippen molar-refractivity contribution in [2.24, 2.45) is 5.92 Å². The Morgan fingerprint density at radius 1 is 0.911 bits per heavy atom. The first-order chi connectivity index (χ1) is 21.7. The zero-order valence-electron chi connectivity index (χ0n) is 25.7. The maximum Gasteiger partial charge on any atom is 0.323 e. The van der Waals surface area contributed by atoms with E-state index in [0.29, 0.717) is 61.6 Å². The number of nitrogens with zero attached hydrogens (tertiary/aromatic N) is 2. The first-order valence-corrected chi connectivity index (χ1v) is 15.4. The van der Waals surface area contributed by atoms with Crippen molar-refractivity contribution in [1.29, 1.82) is 0 Å². The van der Waals surface area contributed by atoms with Crippen LogP contribution in [0.4, 0.5) is 16.2 Å². The molecule has 4 amide bonds. The molecule has 2 fully saturated rings. The molecule has 2 heterocycles. The van der Waals surface area contributed by atoms with Crippen molar-refractivity contribution >= 4 is 35.2 Å². The van der Waals surface area contributed by atoms with Crippen LogP contribution in [-0.2, 0) is 20.8 Å². The van der Waals surface area contributed by atoms with Gasteiger partial charge in [0.15, 0.2) is 0 Å². The Morgan fingerprint density at radius 3 is 2.29 bits per heavy atom. The molecule has 1 unspecified atom stereocenters. The molecule has 0 saturated carbocycles. The number of rotatable bonds is 9. The first-order valence-electron chi connectivity index (χ1n) is 15.4. The fraction of sp³-hybridized carbons (Fsp3) is 0.371. The minimum absolute atomic E-state index is 0.0292. The summed E-state index contributed by atoms with van der Waals surface area (Å²) in [4.78, 5) is 55.0. The third kappa shape index (κ3) is 7.81. The number of benzene rings is 3. The highest BCUT2D eigenvalue weighted by Crippen LogP contribution is 2.35. The quantitative estimate of drug-likeness (QED) is 0.301. The van der Waals surface area contributed by atoms with Gasteiger partial charge in [0.2, 0.25) is 11.8 Å². The number of ether oxygens (including phenoxy) is 1. The van der Waals surface area contributed by atoms with Gasteiger partial charge in [-0.05, 0) is 67.0 Å². The Balaban J connectivity index is 1.28. The van der Waals surface area contributed by atoms with E-state index in [9.17, 15) is 19.2 Å². The van der Waals surface area contributed by atoms with Gasteiger partial charge in [0.1, 0.15) is 11.8 Å². The first kappa shape index (κ1) is 31.6. The van der Waals surface area contributed by atoms with E-state index in [4.69, 9.17) is 9.84 Å². The fourth-order valence-corrected chi connectivity index (χ4v) is 6.34. The molecule has 0 spiro atoms. The van der Waals surface area contributed by atoms with E-state index < -0.39 is 18.0 Å². The molecule has 10 heteroatoms. The van der Waals surface area contributed by atoms with Gasteiger partial charge in [0, 0.05) is 37.7 Å². The number of carbonyl (C=O) groups is 4. The zero-order valence-corrected chi connectivity index (χ0v) is 25.7. The van der Waals surface area contributed by atoms with Gasteiger partial charge in [0.25, 0.3) is 0 Å². The lowest BCUT2D eigenvalue weighted by atomic mass is 9.92. The van der Waals surface area contributed by atoms with E-state index in [-0.39, 0.29) is 36.5 Å². The lowest BCUT2D eigenvalue weighted by molar-refractivity contribution is -0.145. The van der Waals surface area contributed by atoms with Crippen LogP contribution in [0.25, 0.3) is 0 Å². The molecule has 3 N–H and O–H groups in total. The Hall–Kier alpha value is -4.86. The van der Waals surface area contributed by atoms with Crippen LogP contribution in [0.2, 0.25) is 0 Å². The average Bonchev–Trinajstić information content (AvgIpc) is 3.49. The summed E-state index contributed by atoms with van der Waals surface area (Å²) < 4.78 is 5.55. The van der Waals surface area contributed by atoms with Gasteiger partial charge in [-0.1, -0.05) is 54.6 Å². The number of aryl methyl sites for hydroxylation is 1. The van der Waals surface area contributed by atoms with Crippen LogP contribution < -0.4 is 15.4 Å². The van der Waals surface area contributed by atoms with Gasteiger partial charge >= 0.3 is 12.0 Å². The van der Waals surface area contributed by atoms with Crippen LogP contribution >= 0.6 is 0 Å². The fourth-order valence-electron chi connectivity index (χ4n) is 6.34. The molecular formula is C35H40N4O6. The molecule has 2 saturated heterocycles. The summed E-state index contributed by atoms with van der Waals surface area (Å²) in [5.41, 5.74) is 3.88. The largest absolute Gasteiger partial charge is 0.495 e. The third-order valence-electron chi connectivity index (χ3n) is 8.83. The van der Waals surface area contributed by atoms with Crippen molar-refractivity contribution in [3.05, 3.63) is 89.5 Å². The number of amides is 4. The van der Waals surface area contributed by atoms with Crippen LogP contribution in [0.3, 0.4) is 0 Å². The smallest absolute Gasteiger partial charge is 0.323 e. The Morgan fingerprint density at radius 2 is 1.60 bits per heavy atom. The third-order valence-corrected chi connectivity index (χ3v) is 8.83. The second kappa shape index (κ2) is 14.3. The predicted molar refractivity (Wildman–Crippen MR) is 171 cm³/mol. The van der Waals surface area contributed by atoms with E-state index in [2.05, 4.69) is 10.6 Å².